The fourth-order valence-electron chi connectivity index (χ4n) is 6.20. The minimum Gasteiger partial charge on any atom is -0.478 e. The number of hydrogen-bond acceptors (Lipinski definition) is 7. The lowest BCUT2D eigenvalue weighted by Gasteiger charge is -2.32. The number of benzene rings is 2. The largest absolute Gasteiger partial charge is 0.478 e. The molecule has 1 aromatic heterocycles. The van der Waals surface area contributed by atoms with Crippen LogP contribution in [0.5, 0.6) is 0 Å². The van der Waals surface area contributed by atoms with Gasteiger partial charge in [0.1, 0.15) is 5.82 Å². The molecule has 1 fully saturated rings. The van der Waals surface area contributed by atoms with E-state index in [1.54, 1.807) is 30.3 Å². The maximum atomic E-state index is 14.2. The van der Waals surface area contributed by atoms with Crippen LogP contribution >= 0.6 is 0 Å². The Kier molecular flexibility index (Phi) is 13.1. The van der Waals surface area contributed by atoms with E-state index in [1.807, 2.05) is 0 Å². The van der Waals surface area contributed by atoms with E-state index in [2.05, 4.69) is 11.8 Å². The second-order valence-electron chi connectivity index (χ2n) is 12.2. The zero-order valence-electron chi connectivity index (χ0n) is 27.3. The first-order valence-corrected chi connectivity index (χ1v) is 16.6. The van der Waals surface area contributed by atoms with Gasteiger partial charge in [-0.1, -0.05) is 57.6 Å². The zero-order valence-corrected chi connectivity index (χ0v) is 27.3. The molecular formula is C36H43FN4O7. The molecule has 12 heteroatoms. The fraction of sp³-hybridized carbons (Fsp3) is 0.444. The first-order chi connectivity index (χ1) is 23.1. The summed E-state index contributed by atoms with van der Waals surface area (Å²) < 4.78 is 15.6. The molecule has 2 amide bonds. The second kappa shape index (κ2) is 17.4. The molecule has 2 aromatic carbocycles. The maximum Gasteiger partial charge on any atom is 0.328 e. The molecule has 0 radical (unpaired) electrons. The Morgan fingerprint density at radius 1 is 0.854 bits per heavy atom. The molecule has 48 heavy (non-hydrogen) atoms. The van der Waals surface area contributed by atoms with Gasteiger partial charge < -0.3 is 15.1 Å². The number of amides is 2. The monoisotopic (exact) mass is 662 g/mol. The summed E-state index contributed by atoms with van der Waals surface area (Å²) in [5, 5.41) is 21.2. The van der Waals surface area contributed by atoms with Crippen LogP contribution in [0.25, 0.3) is 10.9 Å². The number of fused-ring (bicyclic) bond motifs is 2. The van der Waals surface area contributed by atoms with Gasteiger partial charge in [0.25, 0.3) is 11.8 Å². The molecule has 0 bridgehead atoms. The Morgan fingerprint density at radius 2 is 1.44 bits per heavy atom. The summed E-state index contributed by atoms with van der Waals surface area (Å²) in [4.78, 5) is 61.2. The maximum absolute atomic E-state index is 14.2. The van der Waals surface area contributed by atoms with E-state index in [0.29, 0.717) is 48.3 Å². The molecule has 0 unspecified atom stereocenters. The van der Waals surface area contributed by atoms with Crippen LogP contribution in [-0.2, 0) is 9.59 Å². The van der Waals surface area contributed by atoms with E-state index in [0.717, 1.165) is 56.3 Å². The molecule has 0 saturated carbocycles. The van der Waals surface area contributed by atoms with Gasteiger partial charge in [0.05, 0.1) is 22.3 Å². The summed E-state index contributed by atoms with van der Waals surface area (Å²) in [5.41, 5.74) is 2.37. The number of carbonyl (C=O) groups excluding carboxylic acids is 3. The molecule has 2 aliphatic rings. The highest BCUT2D eigenvalue weighted by atomic mass is 19.1. The highest BCUT2D eigenvalue weighted by molar-refractivity contribution is 6.21. The smallest absolute Gasteiger partial charge is 0.328 e. The molecule has 3 heterocycles. The van der Waals surface area contributed by atoms with Gasteiger partial charge in [-0.2, -0.15) is 9.78 Å². The number of piperidine rings is 1. The molecular weight excluding hydrogens is 619 g/mol. The first kappa shape index (κ1) is 36.1. The van der Waals surface area contributed by atoms with Crippen LogP contribution in [0.2, 0.25) is 0 Å². The number of likely N-dealkylation sites (tertiary alicyclic amines) is 1. The van der Waals surface area contributed by atoms with Crippen LogP contribution < -0.4 is 0 Å². The number of unbranched alkanes of at least 4 members (excludes halogenated alkanes) is 6. The van der Waals surface area contributed by atoms with Crippen molar-refractivity contribution in [3.63, 3.8) is 0 Å². The second-order valence-corrected chi connectivity index (χ2v) is 12.2. The Morgan fingerprint density at radius 3 is 2.02 bits per heavy atom. The number of carboxylic acid groups (broad SMARTS) is 2. The van der Waals surface area contributed by atoms with E-state index in [9.17, 15) is 28.4 Å². The first-order valence-electron chi connectivity index (χ1n) is 16.6. The Balaban J connectivity index is 0.000000579. The summed E-state index contributed by atoms with van der Waals surface area (Å²) in [6.45, 7) is 4.79. The topological polar surface area (TPSA) is 150 Å². The Hall–Kier alpha value is -4.71. The van der Waals surface area contributed by atoms with Gasteiger partial charge in [0.15, 0.2) is 0 Å². The van der Waals surface area contributed by atoms with E-state index in [1.165, 1.54) is 47.4 Å². The zero-order chi connectivity index (χ0) is 34.6. The van der Waals surface area contributed by atoms with E-state index in [-0.39, 0.29) is 29.5 Å². The predicted octanol–water partition coefficient (Wildman–Crippen LogP) is 6.14. The standard InChI is InChI=1S/C32H39FN4O3.C4H4O4/c1-2-3-4-5-6-7-8-13-29(38)37-28-22-24(33)14-15-27(28)30(34-37)23-16-18-35(19-17-23)20-21-36-31(39)25-11-9-10-12-26(25)32(36)40;5-3(6)1-2-4(7)8/h9-12,14-15,22-23H,2-8,13,16-21H2,1H3;1-2H,(H,5,6)(H,7,8)/b;2-1-. The number of carboxylic acids is 2. The molecule has 2 N–H and O–H groups in total. The molecule has 0 atom stereocenters. The van der Waals surface area contributed by atoms with Crippen LogP contribution in [0.15, 0.2) is 54.6 Å². The number of aliphatic carboxylic acids is 2. The third kappa shape index (κ3) is 9.43. The molecule has 5 rings (SSSR count). The van der Waals surface area contributed by atoms with E-state index >= 15 is 0 Å². The van der Waals surface area contributed by atoms with Gasteiger partial charge in [0.2, 0.25) is 5.91 Å². The van der Waals surface area contributed by atoms with Crippen molar-refractivity contribution >= 4 is 40.6 Å². The third-order valence-corrected chi connectivity index (χ3v) is 8.76. The Bertz CT molecular complexity index is 1610. The number of imide groups is 1. The van der Waals surface area contributed by atoms with Gasteiger partial charge in [0, 0.05) is 49.0 Å². The summed E-state index contributed by atoms with van der Waals surface area (Å²) in [6.07, 6.45) is 11.1. The van der Waals surface area contributed by atoms with Crippen molar-refractivity contribution in [2.24, 2.45) is 0 Å². The average molecular weight is 663 g/mol. The van der Waals surface area contributed by atoms with Crippen molar-refractivity contribution in [3.05, 3.63) is 77.3 Å². The number of aromatic nitrogens is 2. The molecule has 2 aliphatic heterocycles. The van der Waals surface area contributed by atoms with Gasteiger partial charge >= 0.3 is 11.9 Å². The van der Waals surface area contributed by atoms with Crippen molar-refractivity contribution in [2.75, 3.05) is 26.2 Å². The van der Waals surface area contributed by atoms with Crippen molar-refractivity contribution in [1.29, 1.82) is 0 Å². The SMILES string of the molecule is CCCCCCCCCC(=O)n1nc(C2CCN(CCN3C(=O)c4ccccc4C3=O)CC2)c2ccc(F)cc21.O=C(O)/C=C\C(=O)O. The fourth-order valence-corrected chi connectivity index (χ4v) is 6.20. The molecule has 3 aromatic rings. The van der Waals surface area contributed by atoms with Crippen molar-refractivity contribution in [2.45, 2.75) is 77.0 Å². The molecule has 1 saturated heterocycles. The number of nitrogens with zero attached hydrogens (tertiary/aromatic N) is 4. The van der Waals surface area contributed by atoms with E-state index < -0.39 is 11.9 Å². The number of hydrogen-bond donors (Lipinski definition) is 2. The minimum absolute atomic E-state index is 0.0752. The minimum atomic E-state index is -1.26. The summed E-state index contributed by atoms with van der Waals surface area (Å²) in [6, 6.07) is 11.6. The third-order valence-electron chi connectivity index (χ3n) is 8.76. The van der Waals surface area contributed by atoms with Gasteiger partial charge in [-0.05, 0) is 56.6 Å². The molecule has 256 valence electrons. The van der Waals surface area contributed by atoms with Crippen molar-refractivity contribution in [1.82, 2.24) is 19.6 Å². The lowest BCUT2D eigenvalue weighted by molar-refractivity contribution is -0.134. The summed E-state index contributed by atoms with van der Waals surface area (Å²) >= 11 is 0. The highest BCUT2D eigenvalue weighted by Crippen LogP contribution is 2.33. The Labute approximate surface area is 279 Å². The van der Waals surface area contributed by atoms with Crippen LogP contribution in [-0.4, -0.2) is 85.6 Å². The summed E-state index contributed by atoms with van der Waals surface area (Å²) in [7, 11) is 0. The van der Waals surface area contributed by atoms with Crippen LogP contribution in [0.3, 0.4) is 0 Å². The van der Waals surface area contributed by atoms with E-state index in [4.69, 9.17) is 15.3 Å². The molecule has 0 aliphatic carbocycles. The molecule has 0 spiro atoms. The van der Waals surface area contributed by atoms with Gasteiger partial charge in [-0.25, -0.2) is 14.0 Å². The lowest BCUT2D eigenvalue weighted by Crippen LogP contribution is -2.41. The van der Waals surface area contributed by atoms with Gasteiger partial charge in [-0.3, -0.25) is 19.3 Å². The van der Waals surface area contributed by atoms with Crippen LogP contribution in [0.4, 0.5) is 4.39 Å². The van der Waals surface area contributed by atoms with Crippen molar-refractivity contribution in [3.8, 4) is 0 Å². The quantitative estimate of drug-likeness (QED) is 0.118. The van der Waals surface area contributed by atoms with Crippen LogP contribution in [0.1, 0.15) is 108 Å². The summed E-state index contributed by atoms with van der Waals surface area (Å²) in [5.74, 6) is -3.24. The van der Waals surface area contributed by atoms with Crippen LogP contribution in [0, 0.1) is 5.82 Å². The molecule has 11 nitrogen and oxygen atoms in total. The normalized spacial score (nSPS) is 15.2. The lowest BCUT2D eigenvalue weighted by atomic mass is 9.91. The van der Waals surface area contributed by atoms with Crippen molar-refractivity contribution < 1.29 is 38.6 Å². The highest BCUT2D eigenvalue weighted by Gasteiger charge is 2.35. The van der Waals surface area contributed by atoms with Gasteiger partial charge in [-0.15, -0.1) is 0 Å². The predicted molar refractivity (Wildman–Crippen MR) is 178 cm³/mol. The average Bonchev–Trinajstić information content (AvgIpc) is 3.57. The number of rotatable bonds is 14. The number of carbonyl (C=O) groups is 5. The number of halogens is 1.